The molecule has 0 aliphatic rings. The van der Waals surface area contributed by atoms with Crippen molar-refractivity contribution in [2.45, 2.75) is 32.4 Å². The van der Waals surface area contributed by atoms with Crippen LogP contribution in [0.15, 0.2) is 30.5 Å². The molecule has 1 atom stereocenters. The second-order valence-electron chi connectivity index (χ2n) is 5.46. The van der Waals surface area contributed by atoms with Crippen molar-refractivity contribution in [3.63, 3.8) is 0 Å². The van der Waals surface area contributed by atoms with Crippen LogP contribution in [-0.2, 0) is 0 Å². The predicted molar refractivity (Wildman–Crippen MR) is 72.3 cm³/mol. The van der Waals surface area contributed by atoms with Crippen LogP contribution in [0.4, 0.5) is 0 Å². The van der Waals surface area contributed by atoms with Crippen molar-refractivity contribution in [1.29, 1.82) is 0 Å². The van der Waals surface area contributed by atoms with Crippen molar-refractivity contribution in [1.82, 2.24) is 15.5 Å². The highest BCUT2D eigenvalue weighted by molar-refractivity contribution is 5.81. The summed E-state index contributed by atoms with van der Waals surface area (Å²) in [6.45, 7) is 6.72. The molecule has 4 nitrogen and oxygen atoms in total. The van der Waals surface area contributed by atoms with Gasteiger partial charge in [-0.25, -0.2) is 0 Å². The van der Waals surface area contributed by atoms with Crippen LogP contribution in [-0.4, -0.2) is 27.4 Å². The maximum absolute atomic E-state index is 10.3. The van der Waals surface area contributed by atoms with Crippen molar-refractivity contribution in [3.05, 3.63) is 36.0 Å². The number of β-amino-alcohol motifs (C(OH)–C–C–N with tert-alkyl or cyclic N) is 1. The van der Waals surface area contributed by atoms with E-state index >= 15 is 0 Å². The van der Waals surface area contributed by atoms with E-state index in [0.717, 1.165) is 16.5 Å². The molecule has 4 heteroatoms. The summed E-state index contributed by atoms with van der Waals surface area (Å²) in [6.07, 6.45) is 1.08. The molecule has 0 aliphatic carbocycles. The summed E-state index contributed by atoms with van der Waals surface area (Å²) in [7, 11) is 0. The molecule has 1 aromatic heterocycles. The first-order valence-corrected chi connectivity index (χ1v) is 6.11. The summed E-state index contributed by atoms with van der Waals surface area (Å²) < 4.78 is 0. The lowest BCUT2D eigenvalue weighted by atomic mass is 10.0. The van der Waals surface area contributed by atoms with Gasteiger partial charge < -0.3 is 10.4 Å². The van der Waals surface area contributed by atoms with Crippen molar-refractivity contribution in [2.24, 2.45) is 0 Å². The molecule has 0 saturated heterocycles. The van der Waals surface area contributed by atoms with E-state index in [-0.39, 0.29) is 5.54 Å². The molecule has 96 valence electrons. The lowest BCUT2D eigenvalue weighted by molar-refractivity contribution is 0.164. The topological polar surface area (TPSA) is 58.0 Å². The maximum atomic E-state index is 10.3. The van der Waals surface area contributed by atoms with Gasteiger partial charge in [-0.15, -0.1) is 0 Å². The molecule has 0 fully saturated rings. The minimum Gasteiger partial charge on any atom is -0.387 e. The Hall–Kier alpha value is -1.52. The number of aliphatic hydroxyl groups is 1. The van der Waals surface area contributed by atoms with E-state index < -0.39 is 6.10 Å². The van der Waals surface area contributed by atoms with Gasteiger partial charge >= 0.3 is 0 Å². The molecule has 0 radical (unpaired) electrons. The second kappa shape index (κ2) is 5.00. The number of aromatic nitrogens is 2. The number of nitrogens with one attached hydrogen (secondary N) is 1. The van der Waals surface area contributed by atoms with Crippen LogP contribution in [0, 0.1) is 0 Å². The van der Waals surface area contributed by atoms with Gasteiger partial charge in [0.15, 0.2) is 0 Å². The highest BCUT2D eigenvalue weighted by atomic mass is 16.3. The van der Waals surface area contributed by atoms with Gasteiger partial charge in [-0.05, 0) is 26.8 Å². The van der Waals surface area contributed by atoms with E-state index in [2.05, 4.69) is 36.3 Å². The molecular weight excluding hydrogens is 226 g/mol. The molecule has 1 aromatic carbocycles. The fourth-order valence-electron chi connectivity index (χ4n) is 1.82. The highest BCUT2D eigenvalue weighted by Gasteiger charge is 2.16. The quantitative estimate of drug-likeness (QED) is 0.869. The minimum atomic E-state index is -0.579. The molecule has 18 heavy (non-hydrogen) atoms. The third-order valence-corrected chi connectivity index (χ3v) is 2.76. The highest BCUT2D eigenvalue weighted by Crippen LogP contribution is 2.21. The fourth-order valence-corrected chi connectivity index (χ4v) is 1.82. The van der Waals surface area contributed by atoms with E-state index in [1.807, 2.05) is 24.3 Å². The normalized spacial score (nSPS) is 13.8. The lowest BCUT2D eigenvalue weighted by Crippen LogP contribution is -2.38. The van der Waals surface area contributed by atoms with Gasteiger partial charge in [0.25, 0.3) is 0 Å². The Morgan fingerprint density at radius 2 is 2.06 bits per heavy atom. The van der Waals surface area contributed by atoms with E-state index in [9.17, 15) is 5.11 Å². The van der Waals surface area contributed by atoms with Crippen LogP contribution in [0.3, 0.4) is 0 Å². The molecule has 2 N–H and O–H groups in total. The molecular formula is C14H19N3O. The third-order valence-electron chi connectivity index (χ3n) is 2.76. The van der Waals surface area contributed by atoms with Crippen molar-refractivity contribution < 1.29 is 5.11 Å². The largest absolute Gasteiger partial charge is 0.387 e. The number of hydrogen-bond acceptors (Lipinski definition) is 4. The van der Waals surface area contributed by atoms with Crippen molar-refractivity contribution in [3.8, 4) is 0 Å². The molecule has 0 unspecified atom stereocenters. The number of benzene rings is 1. The van der Waals surface area contributed by atoms with Gasteiger partial charge in [-0.1, -0.05) is 18.2 Å². The van der Waals surface area contributed by atoms with Crippen molar-refractivity contribution in [2.75, 3.05) is 6.54 Å². The summed E-state index contributed by atoms with van der Waals surface area (Å²) >= 11 is 0. The molecule has 1 heterocycles. The van der Waals surface area contributed by atoms with Crippen LogP contribution in [0.5, 0.6) is 0 Å². The van der Waals surface area contributed by atoms with Crippen LogP contribution in [0.1, 0.15) is 32.4 Å². The van der Waals surface area contributed by atoms with Gasteiger partial charge in [0.1, 0.15) is 0 Å². The zero-order chi connectivity index (χ0) is 13.2. The average molecular weight is 245 g/mol. The molecule has 0 bridgehead atoms. The molecule has 0 spiro atoms. The average Bonchev–Trinajstić information content (AvgIpc) is 2.34. The van der Waals surface area contributed by atoms with Gasteiger partial charge in [-0.3, -0.25) is 0 Å². The molecule has 2 rings (SSSR count). The number of hydrogen-bond donors (Lipinski definition) is 2. The van der Waals surface area contributed by atoms with E-state index in [1.54, 1.807) is 6.20 Å². The number of nitrogens with zero attached hydrogens (tertiary/aromatic N) is 2. The Kier molecular flexibility index (Phi) is 3.59. The van der Waals surface area contributed by atoms with Gasteiger partial charge in [0.05, 0.1) is 17.8 Å². The summed E-state index contributed by atoms with van der Waals surface area (Å²) in [5.41, 5.74) is 1.57. The SMILES string of the molecule is CC(C)(C)NC[C@H](O)c1cccc2ccnnc12. The minimum absolute atomic E-state index is 0.0166. The Morgan fingerprint density at radius 1 is 1.28 bits per heavy atom. The lowest BCUT2D eigenvalue weighted by Gasteiger charge is -2.23. The van der Waals surface area contributed by atoms with E-state index in [4.69, 9.17) is 0 Å². The van der Waals surface area contributed by atoms with Crippen LogP contribution in [0.2, 0.25) is 0 Å². The molecule has 0 amide bonds. The Morgan fingerprint density at radius 3 is 2.78 bits per heavy atom. The summed E-state index contributed by atoms with van der Waals surface area (Å²) in [4.78, 5) is 0. The second-order valence-corrected chi connectivity index (χ2v) is 5.46. The van der Waals surface area contributed by atoms with Gasteiger partial charge in [0, 0.05) is 23.0 Å². The first-order valence-electron chi connectivity index (χ1n) is 6.11. The summed E-state index contributed by atoms with van der Waals surface area (Å²) in [6, 6.07) is 7.69. The number of rotatable bonds is 3. The van der Waals surface area contributed by atoms with Crippen molar-refractivity contribution >= 4 is 10.9 Å². The molecule has 2 aromatic rings. The Bertz CT molecular complexity index is 529. The molecule has 0 aliphatic heterocycles. The smallest absolute Gasteiger partial charge is 0.0988 e. The monoisotopic (exact) mass is 245 g/mol. The summed E-state index contributed by atoms with van der Waals surface area (Å²) in [5.74, 6) is 0. The molecule has 0 saturated carbocycles. The zero-order valence-corrected chi connectivity index (χ0v) is 11.0. The Balaban J connectivity index is 2.25. The van der Waals surface area contributed by atoms with Gasteiger partial charge in [-0.2, -0.15) is 10.2 Å². The third kappa shape index (κ3) is 3.03. The van der Waals surface area contributed by atoms with Gasteiger partial charge in [0.2, 0.25) is 0 Å². The number of fused-ring (bicyclic) bond motifs is 1. The first kappa shape index (κ1) is 12.9. The number of aliphatic hydroxyl groups excluding tert-OH is 1. The predicted octanol–water partition coefficient (Wildman–Crippen LogP) is 2.05. The Labute approximate surface area is 107 Å². The first-order chi connectivity index (χ1) is 8.47. The maximum Gasteiger partial charge on any atom is 0.0988 e. The van der Waals surface area contributed by atoms with E-state index in [0.29, 0.717) is 6.54 Å². The summed E-state index contributed by atoms with van der Waals surface area (Å²) in [5, 5.41) is 22.5. The van der Waals surface area contributed by atoms with E-state index in [1.165, 1.54) is 0 Å². The van der Waals surface area contributed by atoms with Crippen LogP contribution in [0.25, 0.3) is 10.9 Å². The standard InChI is InChI=1S/C14H19N3O/c1-14(2,3)15-9-12(18)11-6-4-5-10-7-8-16-17-13(10)11/h4-8,12,15,18H,9H2,1-3H3/t12-/m0/s1. The fraction of sp³-hybridized carbons (Fsp3) is 0.429. The van der Waals surface area contributed by atoms with Crippen LogP contribution < -0.4 is 5.32 Å². The zero-order valence-electron chi connectivity index (χ0n) is 11.0. The van der Waals surface area contributed by atoms with Crippen LogP contribution >= 0.6 is 0 Å².